The first-order valence-corrected chi connectivity index (χ1v) is 10.7. The monoisotopic (exact) mass is 412 g/mol. The van der Waals surface area contributed by atoms with Gasteiger partial charge < -0.3 is 28.8 Å². The van der Waals surface area contributed by atoms with E-state index in [1.807, 2.05) is 12.1 Å². The Morgan fingerprint density at radius 3 is 2.13 bits per heavy atom. The van der Waals surface area contributed by atoms with E-state index in [1.165, 1.54) is 30.4 Å². The van der Waals surface area contributed by atoms with Crippen molar-refractivity contribution in [3.05, 3.63) is 41.0 Å². The molecule has 1 saturated carbocycles. The maximum Gasteiger partial charge on any atom is 0.231 e. The molecular weight excluding hydrogens is 384 g/mol. The van der Waals surface area contributed by atoms with Gasteiger partial charge in [-0.1, -0.05) is 19.3 Å². The van der Waals surface area contributed by atoms with Gasteiger partial charge in [0, 0.05) is 5.92 Å². The average molecular weight is 412 g/mol. The van der Waals surface area contributed by atoms with Gasteiger partial charge in [-0.3, -0.25) is 0 Å². The zero-order valence-electron chi connectivity index (χ0n) is 17.5. The summed E-state index contributed by atoms with van der Waals surface area (Å²) in [7, 11) is 3.10. The van der Waals surface area contributed by atoms with Crippen LogP contribution in [0.25, 0.3) is 0 Å². The molecule has 6 nitrogen and oxygen atoms in total. The van der Waals surface area contributed by atoms with Gasteiger partial charge in [0.2, 0.25) is 12.5 Å². The van der Waals surface area contributed by atoms with Gasteiger partial charge in [0.25, 0.3) is 0 Å². The molecule has 0 aromatic heterocycles. The molecular formula is C24H28O6. The van der Waals surface area contributed by atoms with Crippen molar-refractivity contribution < 1.29 is 28.8 Å². The number of phenolic OH excluding ortho intramolecular Hbond substituents is 1. The van der Waals surface area contributed by atoms with Crippen molar-refractivity contribution in [2.45, 2.75) is 56.7 Å². The van der Waals surface area contributed by atoms with Gasteiger partial charge in [0.1, 0.15) is 0 Å². The van der Waals surface area contributed by atoms with Crippen LogP contribution in [-0.2, 0) is 4.74 Å². The maximum atomic E-state index is 10.3. The number of ether oxygens (including phenoxy) is 5. The first-order chi connectivity index (χ1) is 14.7. The first-order valence-electron chi connectivity index (χ1n) is 10.7. The third-order valence-corrected chi connectivity index (χ3v) is 6.56. The van der Waals surface area contributed by atoms with E-state index in [0.717, 1.165) is 36.3 Å². The molecule has 1 heterocycles. The maximum absolute atomic E-state index is 10.3. The fourth-order valence-electron chi connectivity index (χ4n) is 5.02. The van der Waals surface area contributed by atoms with Crippen LogP contribution in [0.5, 0.6) is 28.7 Å². The van der Waals surface area contributed by atoms with Crippen LogP contribution >= 0.6 is 0 Å². The van der Waals surface area contributed by atoms with Crippen LogP contribution in [0.3, 0.4) is 0 Å². The van der Waals surface area contributed by atoms with Crippen LogP contribution in [0.15, 0.2) is 24.3 Å². The summed E-state index contributed by atoms with van der Waals surface area (Å²) in [5, 5.41) is 10.3. The zero-order chi connectivity index (χ0) is 20.7. The summed E-state index contributed by atoms with van der Waals surface area (Å²) in [6.07, 6.45) is 7.17. The molecule has 0 saturated heterocycles. The predicted molar refractivity (Wildman–Crippen MR) is 111 cm³/mol. The van der Waals surface area contributed by atoms with E-state index in [9.17, 15) is 5.11 Å². The molecule has 2 aliphatic carbocycles. The Balaban J connectivity index is 1.54. The van der Waals surface area contributed by atoms with Gasteiger partial charge in [-0.25, -0.2) is 0 Å². The minimum absolute atomic E-state index is 0.00777. The van der Waals surface area contributed by atoms with Crippen LogP contribution in [0, 0.1) is 0 Å². The molecule has 2 aromatic carbocycles. The lowest BCUT2D eigenvalue weighted by atomic mass is 9.92. The molecule has 2 aromatic rings. The number of phenols is 1. The smallest absolute Gasteiger partial charge is 0.231 e. The molecule has 5 rings (SSSR count). The van der Waals surface area contributed by atoms with Crippen molar-refractivity contribution in [3.63, 3.8) is 0 Å². The third kappa shape index (κ3) is 3.33. The summed E-state index contributed by atoms with van der Waals surface area (Å²) in [5.41, 5.74) is 3.37. The number of fused-ring (bicyclic) bond motifs is 2. The van der Waals surface area contributed by atoms with Crippen molar-refractivity contribution in [2.75, 3.05) is 21.0 Å². The standard InChI is InChI=1S/C24H28O6/c1-26-22-8-14(9-23(27-2)24(22)25)16-10-19(30-15-6-4-3-5-7-15)18-12-21-20(11-17(16)18)28-13-29-21/h8-9,11-12,15-16,19,25H,3-7,10,13H2,1-2H3/t16-,19+/m1/s1. The SMILES string of the molecule is COc1cc([C@H]2C[C@H](OC3CCCCC3)c3cc4c(cc32)OCO4)cc(OC)c1O. The Morgan fingerprint density at radius 2 is 1.50 bits per heavy atom. The molecule has 160 valence electrons. The zero-order valence-corrected chi connectivity index (χ0v) is 17.5. The molecule has 1 fully saturated rings. The normalized spacial score (nSPS) is 22.7. The fourth-order valence-corrected chi connectivity index (χ4v) is 5.02. The third-order valence-electron chi connectivity index (χ3n) is 6.56. The number of rotatable bonds is 5. The summed E-state index contributed by atoms with van der Waals surface area (Å²) >= 11 is 0. The van der Waals surface area contributed by atoms with Crippen LogP contribution in [-0.4, -0.2) is 32.2 Å². The Kier molecular flexibility index (Phi) is 5.11. The number of hydrogen-bond acceptors (Lipinski definition) is 6. The van der Waals surface area contributed by atoms with Crippen LogP contribution in [0.1, 0.15) is 67.2 Å². The van der Waals surface area contributed by atoms with Gasteiger partial charge in [-0.15, -0.1) is 0 Å². The molecule has 1 aliphatic heterocycles. The lowest BCUT2D eigenvalue weighted by Crippen LogP contribution is -2.19. The molecule has 2 atom stereocenters. The predicted octanol–water partition coefficient (Wildman–Crippen LogP) is 5.06. The summed E-state index contributed by atoms with van der Waals surface area (Å²) in [4.78, 5) is 0. The quantitative estimate of drug-likeness (QED) is 0.740. The minimum atomic E-state index is 0.00777. The van der Waals surface area contributed by atoms with Gasteiger partial charge in [-0.2, -0.15) is 0 Å². The van der Waals surface area contributed by atoms with Gasteiger partial charge in [0.05, 0.1) is 26.4 Å². The molecule has 30 heavy (non-hydrogen) atoms. The van der Waals surface area contributed by atoms with Crippen molar-refractivity contribution in [3.8, 4) is 28.7 Å². The van der Waals surface area contributed by atoms with Crippen LogP contribution in [0.2, 0.25) is 0 Å². The number of aromatic hydroxyl groups is 1. The highest BCUT2D eigenvalue weighted by molar-refractivity contribution is 5.59. The highest BCUT2D eigenvalue weighted by Gasteiger charge is 2.37. The Bertz CT molecular complexity index is 909. The van der Waals surface area contributed by atoms with E-state index in [1.54, 1.807) is 14.2 Å². The Hall–Kier alpha value is -2.60. The van der Waals surface area contributed by atoms with E-state index in [-0.39, 0.29) is 24.6 Å². The molecule has 0 radical (unpaired) electrons. The first kappa shape index (κ1) is 19.4. The number of hydrogen-bond donors (Lipinski definition) is 1. The van der Waals surface area contributed by atoms with Crippen molar-refractivity contribution in [1.82, 2.24) is 0 Å². The van der Waals surface area contributed by atoms with E-state index >= 15 is 0 Å². The average Bonchev–Trinajstić information content (AvgIpc) is 3.37. The number of benzene rings is 2. The second kappa shape index (κ2) is 7.91. The minimum Gasteiger partial charge on any atom is -0.502 e. The van der Waals surface area contributed by atoms with E-state index in [0.29, 0.717) is 17.6 Å². The van der Waals surface area contributed by atoms with Gasteiger partial charge in [0.15, 0.2) is 23.0 Å². The van der Waals surface area contributed by atoms with Crippen molar-refractivity contribution >= 4 is 0 Å². The van der Waals surface area contributed by atoms with E-state index in [2.05, 4.69) is 12.1 Å². The second-order valence-corrected chi connectivity index (χ2v) is 8.28. The summed E-state index contributed by atoms with van der Waals surface area (Å²) in [6, 6.07) is 7.94. The lowest BCUT2D eigenvalue weighted by molar-refractivity contribution is -0.0315. The van der Waals surface area contributed by atoms with Crippen molar-refractivity contribution in [2.24, 2.45) is 0 Å². The highest BCUT2D eigenvalue weighted by Crippen LogP contribution is 2.52. The van der Waals surface area contributed by atoms with E-state index in [4.69, 9.17) is 23.7 Å². The summed E-state index contributed by atoms with van der Waals surface area (Å²) in [5.74, 6) is 2.48. The Labute approximate surface area is 176 Å². The van der Waals surface area contributed by atoms with E-state index < -0.39 is 0 Å². The molecule has 0 unspecified atom stereocenters. The van der Waals surface area contributed by atoms with Crippen LogP contribution in [0.4, 0.5) is 0 Å². The van der Waals surface area contributed by atoms with Crippen molar-refractivity contribution in [1.29, 1.82) is 0 Å². The second-order valence-electron chi connectivity index (χ2n) is 8.28. The Morgan fingerprint density at radius 1 is 0.867 bits per heavy atom. The van der Waals surface area contributed by atoms with Gasteiger partial charge in [-0.05, 0) is 60.2 Å². The number of methoxy groups -OCH3 is 2. The highest BCUT2D eigenvalue weighted by atomic mass is 16.7. The largest absolute Gasteiger partial charge is 0.502 e. The van der Waals surface area contributed by atoms with Crippen LogP contribution < -0.4 is 18.9 Å². The molecule has 6 heteroatoms. The summed E-state index contributed by atoms with van der Waals surface area (Å²) in [6.45, 7) is 0.248. The summed E-state index contributed by atoms with van der Waals surface area (Å²) < 4.78 is 28.7. The fraction of sp³-hybridized carbons (Fsp3) is 0.500. The lowest BCUT2D eigenvalue weighted by Gasteiger charge is -2.26. The molecule has 0 spiro atoms. The molecule has 1 N–H and O–H groups in total. The van der Waals surface area contributed by atoms with Gasteiger partial charge >= 0.3 is 0 Å². The molecule has 0 amide bonds. The molecule has 0 bridgehead atoms. The molecule has 3 aliphatic rings. The topological polar surface area (TPSA) is 66.4 Å².